The number of aromatic nitrogens is 24. The molecule has 0 saturated carbocycles. The molecule has 0 radical (unpaired) electrons. The molecule has 1 saturated heterocycles. The number of imidazole rings is 6. The maximum absolute atomic E-state index is 13.6. The molecule has 19 N–H and O–H groups in total. The Morgan fingerprint density at radius 1 is 0.377 bits per heavy atom. The number of morpholine rings is 1. The van der Waals surface area contributed by atoms with E-state index in [9.17, 15) is 37.5 Å². The Hall–Kier alpha value is -19.7. The van der Waals surface area contributed by atoms with Crippen LogP contribution in [0, 0.1) is 25.5 Å². The third-order valence-corrected chi connectivity index (χ3v) is 24.4. The lowest BCUT2D eigenvalue weighted by molar-refractivity contribution is 0.0991. The Bertz CT molecular complexity index is 8240. The predicted octanol–water partition coefficient (Wildman–Crippen LogP) is 20.3. The molecule has 1 aliphatic rings. The maximum Gasteiger partial charge on any atom is 0.323 e. The van der Waals surface area contributed by atoms with Crippen molar-refractivity contribution in [3.8, 4) is 69.1 Å². The van der Waals surface area contributed by atoms with Crippen molar-refractivity contribution >= 4 is 182 Å². The number of rotatable bonds is 19. The number of nitrogens with zero attached hydrogens (tertiary/aromatic N) is 13. The van der Waals surface area contributed by atoms with Gasteiger partial charge in [-0.3, -0.25) is 54.6 Å². The summed E-state index contributed by atoms with van der Waals surface area (Å²) in [6, 6.07) is 60.9. The summed E-state index contributed by atoms with van der Waals surface area (Å²) >= 11 is 9.46. The van der Waals surface area contributed by atoms with Crippen molar-refractivity contribution in [2.45, 2.75) is 13.8 Å². The van der Waals surface area contributed by atoms with Crippen LogP contribution in [0.1, 0.15) is 62.4 Å². The summed E-state index contributed by atoms with van der Waals surface area (Å²) in [6.07, 6.45) is 13.5. The van der Waals surface area contributed by atoms with Crippen molar-refractivity contribution in [1.82, 2.24) is 121 Å². The SMILES string of the molecule is Cc1ccoc1C(=O)Nc1cn[nH]c1-c1nc2ccccc2[nH]1.Cc1sccc1C(=O)Nc1cn[nH]c1-c1nc2ccccc2[nH]1.O=C(Nc1cn[nH]c1-c1nc2ccccc2[nH]1)Nc1c(F)cccc1F.O=C(Nc1cn[nH]c1-c1nc2ccccc2[nH]1)c1ccc(N2CCOCC2)cc1Cl.O=C(Nc1cn[nH]c1-c1nc2ccccc2[nH]1)c1ccoc1.O=C(Nc1cn[nH]c1-c1nc2ccccc2[nH]1)c1ccsc1. The lowest BCUT2D eigenvalue weighted by atomic mass is 10.1. The number of urea groups is 1. The quantitative estimate of drug-likeness (QED) is 0.0357. The molecule has 146 heavy (non-hydrogen) atoms. The first-order valence-corrected chi connectivity index (χ1v) is 46.8. The van der Waals surface area contributed by atoms with Gasteiger partial charge in [-0.05, 0) is 152 Å². The molecular weight excluding hydrogens is 1930 g/mol. The van der Waals surface area contributed by atoms with E-state index in [1.165, 1.54) is 42.4 Å². The van der Waals surface area contributed by atoms with Crippen LogP contribution in [0.3, 0.4) is 0 Å². The van der Waals surface area contributed by atoms with E-state index in [2.05, 4.69) is 163 Å². The highest BCUT2D eigenvalue weighted by atomic mass is 35.5. The van der Waals surface area contributed by atoms with Crippen LogP contribution >= 0.6 is 34.3 Å². The second-order valence-corrected chi connectivity index (χ2v) is 34.4. The summed E-state index contributed by atoms with van der Waals surface area (Å²) in [6.45, 7) is 6.72. The van der Waals surface area contributed by atoms with Crippen molar-refractivity contribution in [2.75, 3.05) is 68.4 Å². The van der Waals surface area contributed by atoms with E-state index in [1.807, 2.05) is 188 Å². The zero-order chi connectivity index (χ0) is 100. The molecule has 7 amide bonds. The highest BCUT2D eigenvalue weighted by Crippen LogP contribution is 2.36. The van der Waals surface area contributed by atoms with Crippen molar-refractivity contribution < 1.29 is 51.1 Å². The monoisotopic (exact) mass is 2010 g/mol. The second-order valence-electron chi connectivity index (χ2n) is 32.1. The number of benzene rings is 8. The number of thiophene rings is 2. The number of para-hydroxylation sites is 13. The van der Waals surface area contributed by atoms with Crippen LogP contribution in [0.5, 0.6) is 0 Å². The third kappa shape index (κ3) is 21.1. The molecule has 726 valence electrons. The molecule has 0 spiro atoms. The number of fused-ring (bicyclic) bond motifs is 6. The van der Waals surface area contributed by atoms with Crippen LogP contribution in [-0.4, -0.2) is 183 Å². The van der Waals surface area contributed by atoms with Gasteiger partial charge in [0.1, 0.15) is 57.7 Å². The number of furan rings is 2. The topological polar surface area (TPSA) is 570 Å². The number of anilines is 8. The molecule has 46 heteroatoms. The van der Waals surface area contributed by atoms with Crippen LogP contribution < -0.4 is 42.1 Å². The number of H-pyrrole nitrogens is 12. The molecule has 41 nitrogen and oxygen atoms in total. The summed E-state index contributed by atoms with van der Waals surface area (Å²) in [5, 5.41) is 65.9. The standard InChI is InChI=1S/C21H19ClN6O2.C17H12F2N6O.C16H13N5O2.C16H13N5OS.C15H11N5O2.C15H11N5OS/c22-15-11-13(28-7-9-30-10-8-28)5-6-14(15)21(29)26-18-12-23-27-19(18)20-24-16-3-1-2-4-17(16)25-20;18-9-4-3-5-10(19)14(9)24-17(26)23-13-8-20-25-15(13)16-21-11-6-1-2-7-12(11)22-16;1-9-6-7-23-14(9)16(22)20-12-8-17-21-13(12)15-18-10-4-2-3-5-11(10)19-15;1-9-10(6-7-23-9)16(22)20-13-8-17-21-14(13)15-18-11-4-2-3-5-12(11)19-15;2*21-15(9-5-6-22-8-9)19-12-7-16-20-13(12)14-17-10-3-1-2-4-11(10)18-14/h1-6,11-12H,7-10H2,(H,23,27)(H,24,25)(H,26,29);1-8H,(H,20,25)(H,21,22)(H2,23,24,26);2*2-8H,1H3,(H,17,21)(H,18,19)(H,20,22);2*1-8H,(H,16,20)(H,17,18)(H,19,21). The van der Waals surface area contributed by atoms with E-state index < -0.39 is 23.4 Å². The van der Waals surface area contributed by atoms with Gasteiger partial charge in [0, 0.05) is 34.6 Å². The minimum atomic E-state index is -0.871. The number of hydrogen-bond donors (Lipinski definition) is 19. The first kappa shape index (κ1) is 94.0. The lowest BCUT2D eigenvalue weighted by Crippen LogP contribution is -2.36. The first-order chi connectivity index (χ1) is 71.4. The average Bonchev–Trinajstić information content (AvgIpc) is 1.70. The van der Waals surface area contributed by atoms with Gasteiger partial charge >= 0.3 is 6.03 Å². The number of ether oxygens (including phenoxy) is 1. The Kier molecular flexibility index (Phi) is 27.4. The van der Waals surface area contributed by atoms with Gasteiger partial charge in [0.25, 0.3) is 29.5 Å². The summed E-state index contributed by atoms with van der Waals surface area (Å²) in [4.78, 5) is 123. The number of amides is 7. The Labute approximate surface area is 833 Å². The minimum Gasteiger partial charge on any atom is -0.472 e. The second kappa shape index (κ2) is 42.6. The molecule has 0 aliphatic carbocycles. The third-order valence-electron chi connectivity index (χ3n) is 22.6. The molecule has 1 fully saturated rings. The Morgan fingerprint density at radius 3 is 1.09 bits per heavy atom. The summed E-state index contributed by atoms with van der Waals surface area (Å²) in [7, 11) is 0. The number of aromatic amines is 12. The average molecular weight is 2010 g/mol. The van der Waals surface area contributed by atoms with Crippen LogP contribution in [0.2, 0.25) is 5.02 Å². The van der Waals surface area contributed by atoms with Gasteiger partial charge in [0.2, 0.25) is 0 Å². The van der Waals surface area contributed by atoms with Crippen LogP contribution in [0.15, 0.2) is 287 Å². The molecule has 16 aromatic heterocycles. The van der Waals surface area contributed by atoms with Gasteiger partial charge in [-0.25, -0.2) is 43.5 Å². The van der Waals surface area contributed by atoms with Gasteiger partial charge in [-0.2, -0.15) is 41.9 Å². The highest BCUT2D eigenvalue weighted by Gasteiger charge is 2.26. The highest BCUT2D eigenvalue weighted by molar-refractivity contribution is 7.10. The molecular formula is C100H79ClF2N32O9S2. The van der Waals surface area contributed by atoms with E-state index in [0.29, 0.717) is 144 Å². The van der Waals surface area contributed by atoms with E-state index in [1.54, 1.807) is 72.0 Å². The van der Waals surface area contributed by atoms with Gasteiger partial charge in [-0.1, -0.05) is 90.5 Å². The fourth-order valence-corrected chi connectivity index (χ4v) is 16.9. The number of hydrogen-bond acceptors (Lipinski definition) is 24. The minimum absolute atomic E-state index is 0.150. The summed E-state index contributed by atoms with van der Waals surface area (Å²) < 4.78 is 42.8. The molecule has 0 bridgehead atoms. The fourth-order valence-electron chi connectivity index (χ4n) is 15.3. The lowest BCUT2D eigenvalue weighted by Gasteiger charge is -2.29. The summed E-state index contributed by atoms with van der Waals surface area (Å²) in [5.41, 5.74) is 20.4. The van der Waals surface area contributed by atoms with Gasteiger partial charge in [0.05, 0.1) is 191 Å². The van der Waals surface area contributed by atoms with Gasteiger partial charge in [0.15, 0.2) is 40.7 Å². The van der Waals surface area contributed by atoms with Crippen LogP contribution in [0.25, 0.3) is 135 Å². The largest absolute Gasteiger partial charge is 0.472 e. The number of nitrogens with one attached hydrogen (secondary N) is 19. The maximum atomic E-state index is 13.6. The van der Waals surface area contributed by atoms with Gasteiger partial charge < -0.3 is 85.6 Å². The zero-order valence-corrected chi connectivity index (χ0v) is 78.7. The fraction of sp³-hybridized carbons (Fsp3) is 0.0600. The van der Waals surface area contributed by atoms with Crippen molar-refractivity contribution in [3.05, 3.63) is 333 Å². The number of halogens is 3. The van der Waals surface area contributed by atoms with Crippen molar-refractivity contribution in [3.63, 3.8) is 0 Å². The van der Waals surface area contributed by atoms with E-state index in [-0.39, 0.29) is 35.3 Å². The predicted molar refractivity (Wildman–Crippen MR) is 551 cm³/mol. The van der Waals surface area contributed by atoms with E-state index in [4.69, 9.17) is 25.2 Å². The van der Waals surface area contributed by atoms with Crippen LogP contribution in [-0.2, 0) is 4.74 Å². The van der Waals surface area contributed by atoms with E-state index in [0.717, 1.165) is 108 Å². The normalized spacial score (nSPS) is 11.6. The Balaban J connectivity index is 0.000000107. The molecule has 8 aromatic carbocycles. The van der Waals surface area contributed by atoms with Gasteiger partial charge in [-0.15, -0.1) is 11.3 Å². The number of carbonyl (C=O) groups is 6. The smallest absolute Gasteiger partial charge is 0.323 e. The molecule has 0 unspecified atom stereocenters. The van der Waals surface area contributed by atoms with Crippen molar-refractivity contribution in [2.24, 2.45) is 0 Å². The number of carbonyl (C=O) groups excluding carboxylic acids is 6. The van der Waals surface area contributed by atoms with Crippen LogP contribution in [0.4, 0.5) is 59.1 Å². The molecule has 24 aromatic rings. The van der Waals surface area contributed by atoms with Crippen molar-refractivity contribution in [1.29, 1.82) is 0 Å². The Morgan fingerprint density at radius 2 is 0.747 bits per heavy atom. The van der Waals surface area contributed by atoms with E-state index >= 15 is 0 Å². The zero-order valence-electron chi connectivity index (χ0n) is 76.3. The summed E-state index contributed by atoms with van der Waals surface area (Å²) in [5.74, 6) is 0.871. The molecule has 1 aliphatic heterocycles. The first-order valence-electron chi connectivity index (χ1n) is 44.6. The molecule has 0 atom stereocenters. The molecule has 25 rings (SSSR count). The molecule has 17 heterocycles. The number of aryl methyl sites for hydroxylation is 2.